The summed E-state index contributed by atoms with van der Waals surface area (Å²) in [6.07, 6.45) is 10.8. The van der Waals surface area contributed by atoms with Crippen LogP contribution in [0.15, 0.2) is 286 Å². The molecule has 0 radical (unpaired) electrons. The van der Waals surface area contributed by atoms with E-state index in [9.17, 15) is 57.2 Å². The molecule has 26 nitrogen and oxygen atoms in total. The molecular formula is C103H86Cl5FN14O12S4. The molecule has 4 N–H and O–H groups in total. The zero-order chi connectivity index (χ0) is 97.4. The molecule has 139 heavy (non-hydrogen) atoms. The van der Waals surface area contributed by atoms with Crippen molar-refractivity contribution < 1.29 is 57.2 Å². The SMILES string of the molecule is Cc1ccc(NC(=O)c2ccc(N3CCCCS3(=O)=O)cc2)cc1-c1ncc2ccccc2n1.O=C(Nc1ccc(Cl)c(-c2ccc3ccccc3n2)c1)c1ccc(N2CCCCS2(=O)=O)cc1Cl.O=C(Nc1ccc(Cl)c(-c2ccc3ccccc3n2)c1)c1ccc(N2CCCCS2(=O)=O)cc1F.O=C(Nc1ccc(Cl)c(-c2nccc3ncccc23)c1)c1ccc(N2CCCCS2(=O)=O)cc1Cl. The van der Waals surface area contributed by atoms with Crippen LogP contribution in [-0.2, 0) is 40.1 Å². The van der Waals surface area contributed by atoms with E-state index in [2.05, 4.69) is 46.2 Å². The van der Waals surface area contributed by atoms with Crippen LogP contribution in [0.4, 0.5) is 49.9 Å². The number of fused-ring (bicyclic) bond motifs is 4. The molecule has 0 aliphatic carbocycles. The number of nitrogens with zero attached hydrogens (tertiary/aromatic N) is 10. The third kappa shape index (κ3) is 22.4. The molecule has 706 valence electrons. The molecule has 4 fully saturated rings. The van der Waals surface area contributed by atoms with Crippen molar-refractivity contribution in [2.45, 2.75) is 58.3 Å². The molecule has 0 saturated carbocycles. The number of halogens is 6. The summed E-state index contributed by atoms with van der Waals surface area (Å²) in [6.45, 7) is 3.55. The van der Waals surface area contributed by atoms with Gasteiger partial charge in [-0.05, 0) is 258 Å². The molecule has 11 aromatic carbocycles. The van der Waals surface area contributed by atoms with E-state index < -0.39 is 63.6 Å². The molecule has 36 heteroatoms. The van der Waals surface area contributed by atoms with Crippen LogP contribution in [0, 0.1) is 12.7 Å². The van der Waals surface area contributed by atoms with Crippen LogP contribution in [0.1, 0.15) is 98.4 Å². The second kappa shape index (κ2) is 42.0. The van der Waals surface area contributed by atoms with Crippen LogP contribution in [0.25, 0.3) is 88.8 Å². The summed E-state index contributed by atoms with van der Waals surface area (Å²) in [4.78, 5) is 79.0. The monoisotopic (exact) mass is 2030 g/mol. The number of hydrogen-bond acceptors (Lipinski definition) is 18. The highest BCUT2D eigenvalue weighted by atomic mass is 35.5. The summed E-state index contributed by atoms with van der Waals surface area (Å²) >= 11 is 32.1. The van der Waals surface area contributed by atoms with Gasteiger partial charge in [0.1, 0.15) is 5.82 Å². The van der Waals surface area contributed by atoms with Gasteiger partial charge in [-0.1, -0.05) is 131 Å². The maximum Gasteiger partial charge on any atom is 0.258 e. The fourth-order valence-electron chi connectivity index (χ4n) is 16.5. The molecule has 0 spiro atoms. The van der Waals surface area contributed by atoms with Gasteiger partial charge >= 0.3 is 0 Å². The Labute approximate surface area is 826 Å². The first kappa shape index (κ1) is 97.1. The average molecular weight is 2040 g/mol. The number of hydrogen-bond donors (Lipinski definition) is 4. The molecule has 5 aromatic heterocycles. The number of aryl methyl sites for hydroxylation is 1. The van der Waals surface area contributed by atoms with E-state index in [0.29, 0.717) is 158 Å². The molecule has 0 unspecified atom stereocenters. The van der Waals surface area contributed by atoms with Gasteiger partial charge in [-0.3, -0.25) is 46.4 Å². The van der Waals surface area contributed by atoms with E-state index >= 15 is 0 Å². The van der Waals surface area contributed by atoms with Gasteiger partial charge in [0.25, 0.3) is 23.6 Å². The van der Waals surface area contributed by atoms with Crippen LogP contribution >= 0.6 is 58.0 Å². The minimum Gasteiger partial charge on any atom is -0.322 e. The van der Waals surface area contributed by atoms with Crippen LogP contribution in [0.5, 0.6) is 0 Å². The lowest BCUT2D eigenvalue weighted by Crippen LogP contribution is -2.37. The first-order chi connectivity index (χ1) is 66.9. The highest BCUT2D eigenvalue weighted by molar-refractivity contribution is 7.93. The predicted octanol–water partition coefficient (Wildman–Crippen LogP) is 22.8. The largest absolute Gasteiger partial charge is 0.322 e. The fraction of sp³-hybridized carbons (Fsp3) is 0.165. The Balaban J connectivity index is 0.000000128. The second-order valence-electron chi connectivity index (χ2n) is 33.1. The highest BCUT2D eigenvalue weighted by Crippen LogP contribution is 2.40. The van der Waals surface area contributed by atoms with Crippen LogP contribution < -0.4 is 38.5 Å². The summed E-state index contributed by atoms with van der Waals surface area (Å²) in [5.74, 6) is -1.58. The van der Waals surface area contributed by atoms with Gasteiger partial charge in [0.05, 0.1) is 127 Å². The molecule has 16 aromatic rings. The van der Waals surface area contributed by atoms with Crippen molar-refractivity contribution >= 4 is 211 Å². The van der Waals surface area contributed by atoms with Gasteiger partial charge in [0, 0.05) is 117 Å². The molecule has 4 amide bonds. The van der Waals surface area contributed by atoms with E-state index in [-0.39, 0.29) is 61.3 Å². The van der Waals surface area contributed by atoms with Crippen LogP contribution in [-0.4, -0.2) is 136 Å². The Kier molecular flexibility index (Phi) is 29.3. The van der Waals surface area contributed by atoms with Gasteiger partial charge in [-0.2, -0.15) is 0 Å². The molecule has 0 atom stereocenters. The molecule has 4 aliphatic heterocycles. The maximum absolute atomic E-state index is 14.9. The lowest BCUT2D eigenvalue weighted by atomic mass is 10.1. The Morgan fingerprint density at radius 2 is 0.719 bits per heavy atom. The Morgan fingerprint density at radius 3 is 1.19 bits per heavy atom. The first-order valence-electron chi connectivity index (χ1n) is 44.3. The van der Waals surface area contributed by atoms with Crippen molar-refractivity contribution in [1.82, 2.24) is 29.9 Å². The van der Waals surface area contributed by atoms with Gasteiger partial charge in [-0.25, -0.2) is 58.0 Å². The van der Waals surface area contributed by atoms with Crippen LogP contribution in [0.2, 0.25) is 25.1 Å². The molecule has 9 heterocycles. The number of benzene rings is 11. The summed E-state index contributed by atoms with van der Waals surface area (Å²) in [6, 6.07) is 77.2. The smallest absolute Gasteiger partial charge is 0.258 e. The molecule has 4 saturated heterocycles. The van der Waals surface area contributed by atoms with Crippen molar-refractivity contribution in [3.05, 3.63) is 344 Å². The summed E-state index contributed by atoms with van der Waals surface area (Å²) in [7, 11) is -13.5. The number of nitrogens with one attached hydrogen (secondary N) is 4. The minimum atomic E-state index is -3.48. The van der Waals surface area contributed by atoms with Crippen LogP contribution in [0.3, 0.4) is 0 Å². The zero-order valence-electron chi connectivity index (χ0n) is 74.2. The fourth-order valence-corrected chi connectivity index (χ4v) is 24.2. The number of aromatic nitrogens is 6. The third-order valence-corrected chi connectivity index (χ3v) is 32.8. The summed E-state index contributed by atoms with van der Waals surface area (Å²) in [5.41, 5.74) is 13.6. The lowest BCUT2D eigenvalue weighted by Gasteiger charge is -2.28. The number of amides is 4. The maximum atomic E-state index is 14.9. The Hall–Kier alpha value is -13.6. The second-order valence-corrected chi connectivity index (χ2v) is 43.2. The number of carbonyl (C=O) groups is 4. The quantitative estimate of drug-likeness (QED) is 0.0698. The lowest BCUT2D eigenvalue weighted by molar-refractivity contribution is 0.101. The normalized spacial score (nSPS) is 15.2. The van der Waals surface area contributed by atoms with Crippen molar-refractivity contribution in [3.63, 3.8) is 0 Å². The predicted molar refractivity (Wildman–Crippen MR) is 553 cm³/mol. The van der Waals surface area contributed by atoms with E-state index in [4.69, 9.17) is 63.0 Å². The number of pyridine rings is 4. The Morgan fingerprint density at radius 1 is 0.324 bits per heavy atom. The molecule has 0 bridgehead atoms. The average Bonchev–Trinajstić information content (AvgIpc) is 0.783. The minimum absolute atomic E-state index is 0.0296. The molecule has 4 aliphatic rings. The zero-order valence-corrected chi connectivity index (χ0v) is 81.3. The van der Waals surface area contributed by atoms with Gasteiger partial charge in [-0.15, -0.1) is 0 Å². The number of para-hydroxylation sites is 3. The van der Waals surface area contributed by atoms with Crippen molar-refractivity contribution in [1.29, 1.82) is 0 Å². The first-order valence-corrected chi connectivity index (χ1v) is 52.6. The summed E-state index contributed by atoms with van der Waals surface area (Å²) in [5, 5.41) is 16.9. The Bertz CT molecular complexity index is 7780. The number of anilines is 8. The van der Waals surface area contributed by atoms with Crippen molar-refractivity contribution in [2.24, 2.45) is 0 Å². The highest BCUT2D eigenvalue weighted by Gasteiger charge is 2.33. The van der Waals surface area contributed by atoms with E-state index in [1.165, 1.54) is 47.6 Å². The number of sulfonamides is 4. The van der Waals surface area contributed by atoms with Gasteiger partial charge in [0.2, 0.25) is 40.1 Å². The van der Waals surface area contributed by atoms with Gasteiger partial charge < -0.3 is 21.3 Å². The van der Waals surface area contributed by atoms with E-state index in [1.54, 1.807) is 116 Å². The van der Waals surface area contributed by atoms with E-state index in [1.807, 2.05) is 140 Å². The van der Waals surface area contributed by atoms with E-state index in [0.717, 1.165) is 80.1 Å². The number of carbonyl (C=O) groups excluding carboxylic acids is 4. The van der Waals surface area contributed by atoms with Crippen molar-refractivity contribution in [3.8, 4) is 45.2 Å². The van der Waals surface area contributed by atoms with Gasteiger partial charge in [0.15, 0.2) is 5.82 Å². The summed E-state index contributed by atoms with van der Waals surface area (Å²) < 4.78 is 119. The number of rotatable bonds is 16. The van der Waals surface area contributed by atoms with Crippen molar-refractivity contribution in [2.75, 3.05) is 87.7 Å². The molecular weight excluding hydrogens is 1950 g/mol. The standard InChI is InChI=1S/C26H21Cl2N3O3S.C26H21ClFN3O3S.C26H24N4O3S.C25H20Cl2N4O3S/c2*27-22-11-8-18(15-21(22)25-12-7-17-5-1-2-6-24(17)30-25)29-26(32)20-10-9-19(16-23(20)28)31-13-3-4-14-35(31,33)34;1-18-8-11-21(16-23(18)25-27-17-20-6-2-3-7-24(20)29-25)28-26(31)19-9-12-22(13-10-19)30-14-4-5-15-34(30,32)33;26-21-8-5-16(14-20(21)24-19-4-3-10-28-23(19)9-11-29-24)30-25(32)18-7-6-17(15-22(18)27)31-12-1-2-13-35(31,33)34/h2*1-2,5-12,15-16H,3-4,13-14H2,(H,29,32);2-3,6-13,16-17H,4-5,14-15H2,1H3,(H,28,31);3-11,14-15H,1-2,12-13H2,(H,30,32). The topological polar surface area (TPSA) is 343 Å². The molecule has 20 rings (SSSR count). The third-order valence-electron chi connectivity index (χ3n) is 23.7.